The Morgan fingerprint density at radius 1 is 1.54 bits per heavy atom. The zero-order valence-corrected chi connectivity index (χ0v) is 8.66. The first-order chi connectivity index (χ1) is 5.88. The lowest BCUT2D eigenvalue weighted by Crippen LogP contribution is -2.09. The zero-order valence-electron chi connectivity index (χ0n) is 8.66. The largest absolute Gasteiger partial charge is 0.491 e. The Labute approximate surface area is 78.7 Å². The molecule has 0 bridgehead atoms. The molecule has 0 saturated carbocycles. The topological polar surface area (TPSA) is 46.3 Å². The summed E-state index contributed by atoms with van der Waals surface area (Å²) < 4.78 is 4.97. The van der Waals surface area contributed by atoms with Crippen molar-refractivity contribution in [1.82, 2.24) is 5.16 Å². The second kappa shape index (κ2) is 3.40. The maximum atomic E-state index is 9.00. The molecule has 0 amide bonds. The molecule has 74 valence electrons. The van der Waals surface area contributed by atoms with Crippen LogP contribution in [-0.2, 0) is 0 Å². The highest BCUT2D eigenvalue weighted by atomic mass is 16.5. The molecule has 0 radical (unpaired) electrons. The monoisotopic (exact) mass is 183 g/mol. The quantitative estimate of drug-likeness (QED) is 0.766. The summed E-state index contributed by atoms with van der Waals surface area (Å²) in [5.41, 5.74) is 0.266. The van der Waals surface area contributed by atoms with Crippen molar-refractivity contribution < 1.29 is 9.63 Å². The fourth-order valence-corrected chi connectivity index (χ4v) is 1.53. The summed E-state index contributed by atoms with van der Waals surface area (Å²) in [6.07, 6.45) is 1.02. The molecule has 0 aromatic carbocycles. The second-order valence-electron chi connectivity index (χ2n) is 4.75. The molecule has 1 N–H and O–H groups in total. The number of hydrogen-bond donors (Lipinski definition) is 1. The van der Waals surface area contributed by atoms with Crippen molar-refractivity contribution >= 4 is 0 Å². The third-order valence-corrected chi connectivity index (χ3v) is 1.92. The van der Waals surface area contributed by atoms with Crippen LogP contribution in [0.4, 0.5) is 0 Å². The van der Waals surface area contributed by atoms with Gasteiger partial charge < -0.3 is 9.63 Å². The normalized spacial score (nSPS) is 14.5. The van der Waals surface area contributed by atoms with Gasteiger partial charge in [-0.05, 0) is 17.0 Å². The molecule has 1 atom stereocenters. The van der Waals surface area contributed by atoms with Gasteiger partial charge in [-0.25, -0.2) is 0 Å². The van der Waals surface area contributed by atoms with Gasteiger partial charge in [0.25, 0.3) is 5.88 Å². The van der Waals surface area contributed by atoms with E-state index in [1.54, 1.807) is 6.07 Å². The summed E-state index contributed by atoms with van der Waals surface area (Å²) in [5.74, 6) is 1.02. The SMILES string of the molecule is CC(CC(C)(C)C)c1cc(O)no1. The van der Waals surface area contributed by atoms with Gasteiger partial charge in [0.2, 0.25) is 0 Å². The van der Waals surface area contributed by atoms with Gasteiger partial charge in [0.15, 0.2) is 0 Å². The van der Waals surface area contributed by atoms with Crippen molar-refractivity contribution in [2.24, 2.45) is 5.41 Å². The van der Waals surface area contributed by atoms with Crippen LogP contribution >= 0.6 is 0 Å². The van der Waals surface area contributed by atoms with E-state index in [9.17, 15) is 0 Å². The smallest absolute Gasteiger partial charge is 0.251 e. The van der Waals surface area contributed by atoms with Crippen LogP contribution in [0, 0.1) is 5.41 Å². The van der Waals surface area contributed by atoms with E-state index in [1.165, 1.54) is 0 Å². The van der Waals surface area contributed by atoms with E-state index < -0.39 is 0 Å². The Kier molecular flexibility index (Phi) is 2.64. The van der Waals surface area contributed by atoms with Gasteiger partial charge in [0, 0.05) is 12.0 Å². The van der Waals surface area contributed by atoms with Gasteiger partial charge in [-0.1, -0.05) is 27.7 Å². The van der Waals surface area contributed by atoms with Crippen LogP contribution < -0.4 is 0 Å². The first kappa shape index (κ1) is 10.1. The standard InChI is InChI=1S/C10H17NO2/c1-7(6-10(2,3)4)8-5-9(12)11-13-8/h5,7H,6H2,1-4H3,(H,11,12). The summed E-state index contributed by atoms with van der Waals surface area (Å²) in [6, 6.07) is 1.58. The Morgan fingerprint density at radius 2 is 2.15 bits per heavy atom. The molecule has 1 heterocycles. The average Bonchev–Trinajstić information content (AvgIpc) is 2.31. The van der Waals surface area contributed by atoms with Gasteiger partial charge in [-0.15, -0.1) is 0 Å². The van der Waals surface area contributed by atoms with Crippen LogP contribution in [0.25, 0.3) is 0 Å². The third-order valence-electron chi connectivity index (χ3n) is 1.92. The maximum absolute atomic E-state index is 9.00. The molecule has 1 rings (SSSR count). The fraction of sp³-hybridized carbons (Fsp3) is 0.700. The van der Waals surface area contributed by atoms with Crippen molar-refractivity contribution in [2.75, 3.05) is 0 Å². The lowest BCUT2D eigenvalue weighted by Gasteiger charge is -2.21. The maximum Gasteiger partial charge on any atom is 0.251 e. The van der Waals surface area contributed by atoms with E-state index in [2.05, 4.69) is 32.9 Å². The highest BCUT2D eigenvalue weighted by molar-refractivity contribution is 5.12. The third kappa shape index (κ3) is 3.09. The van der Waals surface area contributed by atoms with Gasteiger partial charge >= 0.3 is 0 Å². The highest BCUT2D eigenvalue weighted by Crippen LogP contribution is 2.31. The van der Waals surface area contributed by atoms with Gasteiger partial charge in [-0.3, -0.25) is 0 Å². The predicted molar refractivity (Wildman–Crippen MR) is 50.7 cm³/mol. The fourth-order valence-electron chi connectivity index (χ4n) is 1.53. The van der Waals surface area contributed by atoms with E-state index in [4.69, 9.17) is 9.63 Å². The lowest BCUT2D eigenvalue weighted by molar-refractivity contribution is 0.291. The van der Waals surface area contributed by atoms with Gasteiger partial charge in [0.1, 0.15) is 5.76 Å². The first-order valence-corrected chi connectivity index (χ1v) is 4.54. The van der Waals surface area contributed by atoms with Crippen LogP contribution in [0.1, 0.15) is 45.8 Å². The molecule has 0 saturated heterocycles. The number of nitrogens with zero attached hydrogens (tertiary/aromatic N) is 1. The molecule has 3 heteroatoms. The molecule has 1 aromatic rings. The number of aromatic hydroxyl groups is 1. The Balaban J connectivity index is 2.64. The van der Waals surface area contributed by atoms with Crippen molar-refractivity contribution in [3.8, 4) is 5.88 Å². The molecule has 0 aliphatic heterocycles. The Morgan fingerprint density at radius 3 is 2.54 bits per heavy atom. The minimum absolute atomic E-state index is 0.0317. The second-order valence-corrected chi connectivity index (χ2v) is 4.75. The molecule has 3 nitrogen and oxygen atoms in total. The van der Waals surface area contributed by atoms with E-state index >= 15 is 0 Å². The van der Waals surface area contributed by atoms with Crippen molar-refractivity contribution in [1.29, 1.82) is 0 Å². The molecule has 1 aromatic heterocycles. The predicted octanol–water partition coefficient (Wildman–Crippen LogP) is 2.92. The summed E-state index contributed by atoms with van der Waals surface area (Å²) in [7, 11) is 0. The molecular formula is C10H17NO2. The van der Waals surface area contributed by atoms with Crippen molar-refractivity contribution in [3.05, 3.63) is 11.8 Å². The summed E-state index contributed by atoms with van der Waals surface area (Å²) in [6.45, 7) is 8.62. The van der Waals surface area contributed by atoms with Crippen molar-refractivity contribution in [3.63, 3.8) is 0 Å². The van der Waals surface area contributed by atoms with Crippen LogP contribution in [0.2, 0.25) is 0 Å². The molecule has 0 aliphatic rings. The van der Waals surface area contributed by atoms with E-state index in [-0.39, 0.29) is 11.3 Å². The van der Waals surface area contributed by atoms with E-state index in [0.29, 0.717) is 5.92 Å². The highest BCUT2D eigenvalue weighted by Gasteiger charge is 2.19. The number of aromatic nitrogens is 1. The first-order valence-electron chi connectivity index (χ1n) is 4.54. The van der Waals surface area contributed by atoms with Gasteiger partial charge in [0.05, 0.1) is 0 Å². The van der Waals surface area contributed by atoms with Crippen molar-refractivity contribution in [2.45, 2.75) is 40.0 Å². The van der Waals surface area contributed by atoms with Gasteiger partial charge in [-0.2, -0.15) is 0 Å². The van der Waals surface area contributed by atoms with E-state index in [1.807, 2.05) is 0 Å². The summed E-state index contributed by atoms with van der Waals surface area (Å²) in [5, 5.41) is 12.4. The molecule has 13 heavy (non-hydrogen) atoms. The minimum atomic E-state index is -0.0317. The minimum Gasteiger partial charge on any atom is -0.491 e. The zero-order chi connectivity index (χ0) is 10.1. The molecular weight excluding hydrogens is 166 g/mol. The average molecular weight is 183 g/mol. The van der Waals surface area contributed by atoms with Crippen LogP contribution in [0.3, 0.4) is 0 Å². The number of hydrogen-bond acceptors (Lipinski definition) is 3. The molecule has 0 aliphatic carbocycles. The molecule has 1 unspecified atom stereocenters. The van der Waals surface area contributed by atoms with Crippen LogP contribution in [-0.4, -0.2) is 10.3 Å². The molecule has 0 fully saturated rings. The van der Waals surface area contributed by atoms with E-state index in [0.717, 1.165) is 12.2 Å². The Bertz CT molecular complexity index is 273. The lowest BCUT2D eigenvalue weighted by atomic mass is 9.84. The molecule has 0 spiro atoms. The summed E-state index contributed by atoms with van der Waals surface area (Å²) >= 11 is 0. The Hall–Kier alpha value is -0.990. The van der Waals surface area contributed by atoms with Crippen LogP contribution in [0.5, 0.6) is 5.88 Å². The van der Waals surface area contributed by atoms with Crippen LogP contribution in [0.15, 0.2) is 10.6 Å². The summed E-state index contributed by atoms with van der Waals surface area (Å²) in [4.78, 5) is 0. The number of rotatable bonds is 2.